The van der Waals surface area contributed by atoms with E-state index in [1.165, 1.54) is 0 Å². The number of carbonyl (C=O) groups is 1. The van der Waals surface area contributed by atoms with Crippen molar-refractivity contribution < 1.29 is 4.79 Å². The van der Waals surface area contributed by atoms with Crippen LogP contribution in [0, 0.1) is 6.92 Å². The van der Waals surface area contributed by atoms with E-state index in [0.29, 0.717) is 10.7 Å². The Morgan fingerprint density at radius 3 is 3.15 bits per heavy atom. The molecule has 1 saturated heterocycles. The Morgan fingerprint density at radius 2 is 2.40 bits per heavy atom. The van der Waals surface area contributed by atoms with Crippen LogP contribution in [0.1, 0.15) is 18.4 Å². The fraction of sp³-hybridized carbons (Fsp3) is 0.333. The van der Waals surface area contributed by atoms with Gasteiger partial charge in [0.25, 0.3) is 0 Å². The molecular weight excluding hydrogens is 274 g/mol. The third-order valence-corrected chi connectivity index (χ3v) is 3.96. The number of amides is 1. The molecule has 1 fully saturated rings. The highest BCUT2D eigenvalue weighted by molar-refractivity contribution is 6.35. The third-order valence-electron chi connectivity index (χ3n) is 3.66. The normalized spacial score (nSPS) is 18.4. The summed E-state index contributed by atoms with van der Waals surface area (Å²) in [6.45, 7) is 2.85. The molecule has 1 aromatic carbocycles. The lowest BCUT2D eigenvalue weighted by atomic mass is 10.1. The molecule has 1 aliphatic heterocycles. The molecule has 4 nitrogen and oxygen atoms in total. The lowest BCUT2D eigenvalue weighted by Crippen LogP contribution is -2.35. The second kappa shape index (κ2) is 5.38. The predicted octanol–water partition coefficient (Wildman–Crippen LogP) is 2.89. The second-order valence-electron chi connectivity index (χ2n) is 5.09. The number of fused-ring (bicyclic) bond motifs is 1. The van der Waals surface area contributed by atoms with Crippen molar-refractivity contribution in [2.75, 3.05) is 11.9 Å². The van der Waals surface area contributed by atoms with E-state index in [9.17, 15) is 4.79 Å². The summed E-state index contributed by atoms with van der Waals surface area (Å²) < 4.78 is 0. The minimum Gasteiger partial charge on any atom is -0.323 e. The van der Waals surface area contributed by atoms with Gasteiger partial charge in [0, 0.05) is 11.6 Å². The minimum atomic E-state index is -0.126. The molecule has 0 aliphatic carbocycles. The summed E-state index contributed by atoms with van der Waals surface area (Å²) in [5.74, 6) is -0.0293. The molecule has 2 aromatic rings. The van der Waals surface area contributed by atoms with E-state index in [-0.39, 0.29) is 11.9 Å². The van der Waals surface area contributed by atoms with Crippen molar-refractivity contribution in [2.45, 2.75) is 25.8 Å². The third kappa shape index (κ3) is 2.37. The fourth-order valence-electron chi connectivity index (χ4n) is 2.63. The van der Waals surface area contributed by atoms with Crippen LogP contribution in [0.2, 0.25) is 5.02 Å². The van der Waals surface area contributed by atoms with Gasteiger partial charge in [0.2, 0.25) is 5.91 Å². The van der Waals surface area contributed by atoms with Crippen molar-refractivity contribution in [3.63, 3.8) is 0 Å². The summed E-state index contributed by atoms with van der Waals surface area (Å²) in [5, 5.41) is 7.56. The highest BCUT2D eigenvalue weighted by Gasteiger charge is 2.23. The molecule has 2 heterocycles. The SMILES string of the molecule is Cc1cc(Cl)c(NC(=O)[C@H]2CCCN2)c2cccnc12. The van der Waals surface area contributed by atoms with Crippen molar-refractivity contribution in [2.24, 2.45) is 0 Å². The number of nitrogens with zero attached hydrogens (tertiary/aromatic N) is 1. The molecule has 0 spiro atoms. The zero-order valence-corrected chi connectivity index (χ0v) is 12.0. The Kier molecular flexibility index (Phi) is 3.59. The molecule has 0 saturated carbocycles. The summed E-state index contributed by atoms with van der Waals surface area (Å²) in [6.07, 6.45) is 3.64. The van der Waals surface area contributed by atoms with Gasteiger partial charge in [-0.15, -0.1) is 0 Å². The standard InChI is InChI=1S/C15H16ClN3O/c1-9-8-11(16)14(10-4-2-7-18-13(9)10)19-15(20)12-5-3-6-17-12/h2,4,7-8,12,17H,3,5-6H2,1H3,(H,19,20)/t12-/m1/s1. The van der Waals surface area contributed by atoms with Crippen molar-refractivity contribution in [3.8, 4) is 0 Å². The number of aromatic nitrogens is 1. The van der Waals surface area contributed by atoms with Crippen LogP contribution in [0.5, 0.6) is 0 Å². The number of rotatable bonds is 2. The van der Waals surface area contributed by atoms with Gasteiger partial charge in [0.05, 0.1) is 22.3 Å². The molecule has 1 amide bonds. The molecule has 104 valence electrons. The zero-order valence-electron chi connectivity index (χ0n) is 11.2. The minimum absolute atomic E-state index is 0.0293. The molecule has 2 N–H and O–H groups in total. The van der Waals surface area contributed by atoms with Crippen LogP contribution in [-0.2, 0) is 4.79 Å². The number of pyridine rings is 1. The first kappa shape index (κ1) is 13.3. The van der Waals surface area contributed by atoms with Crippen LogP contribution in [0.3, 0.4) is 0 Å². The number of carbonyl (C=O) groups excluding carboxylic acids is 1. The Hall–Kier alpha value is -1.65. The molecule has 5 heteroatoms. The number of hydrogen-bond donors (Lipinski definition) is 2. The molecule has 3 rings (SSSR count). The lowest BCUT2D eigenvalue weighted by Gasteiger charge is -2.15. The Bertz CT molecular complexity index is 665. The average molecular weight is 290 g/mol. The first-order valence-corrected chi connectivity index (χ1v) is 7.12. The van der Waals surface area contributed by atoms with E-state index >= 15 is 0 Å². The zero-order chi connectivity index (χ0) is 14.1. The Labute approximate surface area is 122 Å². The molecule has 0 bridgehead atoms. The largest absolute Gasteiger partial charge is 0.323 e. The molecule has 0 unspecified atom stereocenters. The lowest BCUT2D eigenvalue weighted by molar-refractivity contribution is -0.117. The number of halogens is 1. The average Bonchev–Trinajstić information content (AvgIpc) is 2.97. The van der Waals surface area contributed by atoms with Gasteiger partial charge in [0.15, 0.2) is 0 Å². The number of nitrogens with one attached hydrogen (secondary N) is 2. The van der Waals surface area contributed by atoms with Crippen LogP contribution in [0.15, 0.2) is 24.4 Å². The van der Waals surface area contributed by atoms with Crippen molar-refractivity contribution in [1.29, 1.82) is 0 Å². The van der Waals surface area contributed by atoms with Gasteiger partial charge in [-0.1, -0.05) is 11.6 Å². The molecule has 0 radical (unpaired) electrons. The molecule has 1 aliphatic rings. The van der Waals surface area contributed by atoms with Gasteiger partial charge < -0.3 is 10.6 Å². The van der Waals surface area contributed by atoms with Gasteiger partial charge in [0.1, 0.15) is 0 Å². The maximum atomic E-state index is 12.2. The van der Waals surface area contributed by atoms with E-state index < -0.39 is 0 Å². The Balaban J connectivity index is 2.00. The van der Waals surface area contributed by atoms with Gasteiger partial charge in [-0.05, 0) is 50.1 Å². The fourth-order valence-corrected chi connectivity index (χ4v) is 2.94. The highest BCUT2D eigenvalue weighted by Crippen LogP contribution is 2.32. The number of anilines is 1. The summed E-state index contributed by atoms with van der Waals surface area (Å²) in [5.41, 5.74) is 2.52. The Morgan fingerprint density at radius 1 is 1.55 bits per heavy atom. The van der Waals surface area contributed by atoms with Crippen LogP contribution < -0.4 is 10.6 Å². The number of hydrogen-bond acceptors (Lipinski definition) is 3. The monoisotopic (exact) mass is 289 g/mol. The van der Waals surface area contributed by atoms with Crippen LogP contribution in [0.4, 0.5) is 5.69 Å². The van der Waals surface area contributed by atoms with E-state index in [1.807, 2.05) is 25.1 Å². The maximum absolute atomic E-state index is 12.2. The summed E-state index contributed by atoms with van der Waals surface area (Å²) in [7, 11) is 0. The molecular formula is C15H16ClN3O. The quantitative estimate of drug-likeness (QED) is 0.894. The maximum Gasteiger partial charge on any atom is 0.241 e. The van der Waals surface area contributed by atoms with Gasteiger partial charge in [-0.3, -0.25) is 9.78 Å². The molecule has 20 heavy (non-hydrogen) atoms. The number of benzene rings is 1. The second-order valence-corrected chi connectivity index (χ2v) is 5.50. The molecule has 1 aromatic heterocycles. The van der Waals surface area contributed by atoms with Crippen molar-refractivity contribution >= 4 is 34.1 Å². The van der Waals surface area contributed by atoms with E-state index in [2.05, 4.69) is 15.6 Å². The van der Waals surface area contributed by atoms with E-state index in [4.69, 9.17) is 11.6 Å². The van der Waals surface area contributed by atoms with Crippen molar-refractivity contribution in [3.05, 3.63) is 35.0 Å². The van der Waals surface area contributed by atoms with E-state index in [1.54, 1.807) is 6.20 Å². The highest BCUT2D eigenvalue weighted by atomic mass is 35.5. The van der Waals surface area contributed by atoms with Crippen LogP contribution in [-0.4, -0.2) is 23.5 Å². The first-order valence-electron chi connectivity index (χ1n) is 6.75. The number of aryl methyl sites for hydroxylation is 1. The molecule has 1 atom stereocenters. The van der Waals surface area contributed by atoms with Crippen LogP contribution >= 0.6 is 11.6 Å². The van der Waals surface area contributed by atoms with Gasteiger partial charge in [-0.2, -0.15) is 0 Å². The van der Waals surface area contributed by atoms with E-state index in [0.717, 1.165) is 35.9 Å². The smallest absolute Gasteiger partial charge is 0.241 e. The topological polar surface area (TPSA) is 54.0 Å². The first-order chi connectivity index (χ1) is 9.66. The van der Waals surface area contributed by atoms with Crippen molar-refractivity contribution in [1.82, 2.24) is 10.3 Å². The summed E-state index contributed by atoms with van der Waals surface area (Å²) in [6, 6.07) is 5.49. The summed E-state index contributed by atoms with van der Waals surface area (Å²) in [4.78, 5) is 16.6. The van der Waals surface area contributed by atoms with Gasteiger partial charge in [-0.25, -0.2) is 0 Å². The van der Waals surface area contributed by atoms with Crippen LogP contribution in [0.25, 0.3) is 10.9 Å². The predicted molar refractivity (Wildman–Crippen MR) is 81.1 cm³/mol. The summed E-state index contributed by atoms with van der Waals surface area (Å²) >= 11 is 6.30. The van der Waals surface area contributed by atoms with Gasteiger partial charge >= 0.3 is 0 Å².